The van der Waals surface area contributed by atoms with Crippen molar-refractivity contribution in [3.05, 3.63) is 77.5 Å². The number of amides is 2. The molecule has 2 heterocycles. The van der Waals surface area contributed by atoms with Crippen LogP contribution < -0.4 is 10.2 Å². The van der Waals surface area contributed by atoms with E-state index in [1.807, 2.05) is 6.92 Å². The van der Waals surface area contributed by atoms with Crippen LogP contribution in [0, 0.1) is 6.92 Å². The van der Waals surface area contributed by atoms with Gasteiger partial charge in [-0.1, -0.05) is 12.1 Å². The third-order valence-corrected chi connectivity index (χ3v) is 5.27. The van der Waals surface area contributed by atoms with Crippen LogP contribution in [0.2, 0.25) is 0 Å². The molecular formula is C24H20F3N3O3. The second kappa shape index (κ2) is 9.03. The molecule has 0 radical (unpaired) electrons. The number of alkyl halides is 3. The number of pyridine rings is 1. The zero-order valence-corrected chi connectivity index (χ0v) is 17.6. The second-order valence-electron chi connectivity index (χ2n) is 7.56. The molecule has 170 valence electrons. The lowest BCUT2D eigenvalue weighted by Crippen LogP contribution is -2.42. The number of aryl methyl sites for hydroxylation is 1. The van der Waals surface area contributed by atoms with Crippen LogP contribution in [0.3, 0.4) is 0 Å². The quantitative estimate of drug-likeness (QED) is 0.620. The molecular weight excluding hydrogens is 435 g/mol. The molecule has 0 atom stereocenters. The van der Waals surface area contributed by atoms with E-state index in [0.29, 0.717) is 24.7 Å². The molecule has 2 amide bonds. The van der Waals surface area contributed by atoms with Crippen molar-refractivity contribution in [1.29, 1.82) is 0 Å². The summed E-state index contributed by atoms with van der Waals surface area (Å²) in [4.78, 5) is 30.6. The summed E-state index contributed by atoms with van der Waals surface area (Å²) < 4.78 is 44.1. The van der Waals surface area contributed by atoms with E-state index in [2.05, 4.69) is 10.3 Å². The molecule has 3 aromatic rings. The molecule has 33 heavy (non-hydrogen) atoms. The second-order valence-corrected chi connectivity index (χ2v) is 7.56. The fourth-order valence-corrected chi connectivity index (χ4v) is 3.54. The molecule has 1 aliphatic rings. The first-order valence-electron chi connectivity index (χ1n) is 10.2. The van der Waals surface area contributed by atoms with Crippen LogP contribution in [0.4, 0.5) is 24.7 Å². The summed E-state index contributed by atoms with van der Waals surface area (Å²) in [6, 6.07) is 13.0. The Morgan fingerprint density at radius 2 is 1.94 bits per heavy atom. The third-order valence-electron chi connectivity index (χ3n) is 5.27. The maximum atomic E-state index is 13.0. The molecule has 0 spiro atoms. The van der Waals surface area contributed by atoms with Crippen LogP contribution in [0.15, 0.2) is 60.8 Å². The minimum Gasteiger partial charge on any atom is -0.370 e. The van der Waals surface area contributed by atoms with Crippen LogP contribution >= 0.6 is 0 Å². The van der Waals surface area contributed by atoms with Crippen LogP contribution in [-0.2, 0) is 15.7 Å². The van der Waals surface area contributed by atoms with Crippen molar-refractivity contribution in [2.24, 2.45) is 0 Å². The van der Waals surface area contributed by atoms with E-state index >= 15 is 0 Å². The number of hydrogen-bond donors (Lipinski definition) is 1. The van der Waals surface area contributed by atoms with Crippen molar-refractivity contribution in [2.75, 3.05) is 30.0 Å². The van der Waals surface area contributed by atoms with Gasteiger partial charge in [0.2, 0.25) is 0 Å². The van der Waals surface area contributed by atoms with E-state index in [1.54, 1.807) is 41.4 Å². The number of carbonyl (C=O) groups excluding carboxylic acids is 2. The average molecular weight is 455 g/mol. The van der Waals surface area contributed by atoms with E-state index in [-0.39, 0.29) is 18.1 Å². The minimum absolute atomic E-state index is 0.00198. The summed E-state index contributed by atoms with van der Waals surface area (Å²) in [5, 5.41) is 2.66. The largest absolute Gasteiger partial charge is 0.416 e. The summed E-state index contributed by atoms with van der Waals surface area (Å²) in [6.07, 6.45) is -2.94. The highest BCUT2D eigenvalue weighted by molar-refractivity contribution is 6.04. The SMILES string of the molecule is Cc1ccc(NC(=O)c2cccc(C(F)(F)F)c2)cc1-c1ccnc(N2CCOCC2=O)c1. The minimum atomic E-state index is -4.53. The first-order chi connectivity index (χ1) is 15.7. The number of benzene rings is 2. The molecule has 0 unspecified atom stereocenters. The number of nitrogens with zero attached hydrogens (tertiary/aromatic N) is 2. The van der Waals surface area contributed by atoms with Gasteiger partial charge in [-0.2, -0.15) is 13.2 Å². The fourth-order valence-electron chi connectivity index (χ4n) is 3.54. The summed E-state index contributed by atoms with van der Waals surface area (Å²) in [7, 11) is 0. The molecule has 1 aliphatic heterocycles. The predicted octanol–water partition coefficient (Wildman–Crippen LogP) is 4.69. The van der Waals surface area contributed by atoms with E-state index in [0.717, 1.165) is 28.8 Å². The summed E-state index contributed by atoms with van der Waals surface area (Å²) in [5.41, 5.74) is 1.94. The van der Waals surface area contributed by atoms with Gasteiger partial charge in [0.1, 0.15) is 12.4 Å². The molecule has 1 fully saturated rings. The maximum Gasteiger partial charge on any atom is 0.416 e. The van der Waals surface area contributed by atoms with Crippen molar-refractivity contribution in [1.82, 2.24) is 4.98 Å². The summed E-state index contributed by atoms with van der Waals surface area (Å²) >= 11 is 0. The van der Waals surface area contributed by atoms with Crippen molar-refractivity contribution in [2.45, 2.75) is 13.1 Å². The van der Waals surface area contributed by atoms with Crippen molar-refractivity contribution in [3.8, 4) is 11.1 Å². The van der Waals surface area contributed by atoms with Gasteiger partial charge in [0.15, 0.2) is 0 Å². The Morgan fingerprint density at radius 3 is 2.70 bits per heavy atom. The van der Waals surface area contributed by atoms with Gasteiger partial charge >= 0.3 is 6.18 Å². The maximum absolute atomic E-state index is 13.0. The molecule has 9 heteroatoms. The zero-order valence-electron chi connectivity index (χ0n) is 17.6. The van der Waals surface area contributed by atoms with E-state index in [4.69, 9.17) is 4.74 Å². The number of ether oxygens (including phenoxy) is 1. The van der Waals surface area contributed by atoms with E-state index in [1.165, 1.54) is 12.1 Å². The molecule has 0 bridgehead atoms. The highest BCUT2D eigenvalue weighted by Gasteiger charge is 2.31. The number of morpholine rings is 1. The van der Waals surface area contributed by atoms with E-state index < -0.39 is 17.6 Å². The van der Waals surface area contributed by atoms with Crippen LogP contribution in [0.25, 0.3) is 11.1 Å². The molecule has 2 aromatic carbocycles. The highest BCUT2D eigenvalue weighted by Crippen LogP contribution is 2.31. The molecule has 1 aromatic heterocycles. The Bertz CT molecular complexity index is 1210. The van der Waals surface area contributed by atoms with Gasteiger partial charge in [-0.15, -0.1) is 0 Å². The Hall–Kier alpha value is -3.72. The smallest absolute Gasteiger partial charge is 0.370 e. The van der Waals surface area contributed by atoms with Gasteiger partial charge in [-0.3, -0.25) is 14.5 Å². The normalized spacial score (nSPS) is 14.3. The Kier molecular flexibility index (Phi) is 6.15. The molecule has 1 saturated heterocycles. The predicted molar refractivity (Wildman–Crippen MR) is 117 cm³/mol. The fraction of sp³-hybridized carbons (Fsp3) is 0.208. The number of halogens is 3. The lowest BCUT2D eigenvalue weighted by molar-refractivity contribution is -0.137. The summed E-state index contributed by atoms with van der Waals surface area (Å²) in [6.45, 7) is 2.73. The van der Waals surface area contributed by atoms with E-state index in [9.17, 15) is 22.8 Å². The summed E-state index contributed by atoms with van der Waals surface area (Å²) in [5.74, 6) is -0.325. The van der Waals surface area contributed by atoms with Gasteiger partial charge in [0.25, 0.3) is 11.8 Å². The van der Waals surface area contributed by atoms with Gasteiger partial charge in [-0.25, -0.2) is 4.98 Å². The number of hydrogen-bond acceptors (Lipinski definition) is 4. The number of nitrogens with one attached hydrogen (secondary N) is 1. The number of aromatic nitrogens is 1. The van der Waals surface area contributed by atoms with Gasteiger partial charge in [-0.05, 0) is 66.1 Å². The number of anilines is 2. The number of carbonyl (C=O) groups is 2. The van der Waals surface area contributed by atoms with Gasteiger partial charge in [0, 0.05) is 17.4 Å². The van der Waals surface area contributed by atoms with Crippen LogP contribution in [0.1, 0.15) is 21.5 Å². The van der Waals surface area contributed by atoms with Gasteiger partial charge < -0.3 is 10.1 Å². The van der Waals surface area contributed by atoms with Gasteiger partial charge in [0.05, 0.1) is 18.7 Å². The number of rotatable bonds is 4. The molecule has 4 rings (SSSR count). The Labute approximate surface area is 188 Å². The van der Waals surface area contributed by atoms with Crippen LogP contribution in [0.5, 0.6) is 0 Å². The van der Waals surface area contributed by atoms with Crippen molar-refractivity contribution >= 4 is 23.3 Å². The monoisotopic (exact) mass is 455 g/mol. The first kappa shape index (κ1) is 22.5. The molecule has 1 N–H and O–H groups in total. The lowest BCUT2D eigenvalue weighted by Gasteiger charge is -2.26. The Balaban J connectivity index is 1.60. The topological polar surface area (TPSA) is 71.5 Å². The molecule has 0 aliphatic carbocycles. The molecule has 6 nitrogen and oxygen atoms in total. The van der Waals surface area contributed by atoms with Crippen LogP contribution in [-0.4, -0.2) is 36.6 Å². The standard InChI is InChI=1S/C24H20F3N3O3/c1-15-5-6-19(29-23(32)17-3-2-4-18(11-17)24(25,26)27)13-20(15)16-7-8-28-21(12-16)30-9-10-33-14-22(30)31/h2-8,11-13H,9-10,14H2,1H3,(H,29,32). The molecule has 0 saturated carbocycles. The average Bonchev–Trinajstić information content (AvgIpc) is 2.80. The van der Waals surface area contributed by atoms with Crippen molar-refractivity contribution in [3.63, 3.8) is 0 Å². The first-order valence-corrected chi connectivity index (χ1v) is 10.2. The zero-order chi connectivity index (χ0) is 23.6. The lowest BCUT2D eigenvalue weighted by atomic mass is 10.0. The Morgan fingerprint density at radius 1 is 1.12 bits per heavy atom. The highest BCUT2D eigenvalue weighted by atomic mass is 19.4. The third kappa shape index (κ3) is 5.04. The van der Waals surface area contributed by atoms with Crippen molar-refractivity contribution < 1.29 is 27.5 Å².